The summed E-state index contributed by atoms with van der Waals surface area (Å²) in [5.41, 5.74) is 4.28. The lowest BCUT2D eigenvalue weighted by Gasteiger charge is -2.23. The van der Waals surface area contributed by atoms with E-state index in [2.05, 4.69) is 5.32 Å². The SMILES string of the molecule is CC(C)(CNCC(F)(F)c1ccccc1)C(N)=O. The maximum Gasteiger partial charge on any atom is 0.285 e. The van der Waals surface area contributed by atoms with Crippen LogP contribution in [0.15, 0.2) is 30.3 Å². The Hall–Kier alpha value is -1.49. The Morgan fingerprint density at radius 2 is 1.78 bits per heavy atom. The molecular formula is C13H18F2N2O. The summed E-state index contributed by atoms with van der Waals surface area (Å²) in [4.78, 5) is 11.0. The smallest absolute Gasteiger partial charge is 0.285 e. The molecule has 1 amide bonds. The molecule has 0 saturated carbocycles. The summed E-state index contributed by atoms with van der Waals surface area (Å²) in [7, 11) is 0. The van der Waals surface area contributed by atoms with Crippen molar-refractivity contribution < 1.29 is 13.6 Å². The Bertz CT molecular complexity index is 405. The summed E-state index contributed by atoms with van der Waals surface area (Å²) in [5, 5.41) is 2.59. The quantitative estimate of drug-likeness (QED) is 0.816. The number of benzene rings is 1. The number of nitrogens with one attached hydrogen (secondary N) is 1. The maximum absolute atomic E-state index is 13.8. The summed E-state index contributed by atoms with van der Waals surface area (Å²) in [6, 6.07) is 7.57. The summed E-state index contributed by atoms with van der Waals surface area (Å²) in [6.45, 7) is 2.82. The molecule has 0 fully saturated rings. The Morgan fingerprint density at radius 1 is 1.22 bits per heavy atom. The summed E-state index contributed by atoms with van der Waals surface area (Å²) >= 11 is 0. The van der Waals surface area contributed by atoms with Crippen molar-refractivity contribution in [2.75, 3.05) is 13.1 Å². The first-order valence-electron chi connectivity index (χ1n) is 5.70. The number of rotatable bonds is 6. The van der Waals surface area contributed by atoms with Crippen LogP contribution in [0.5, 0.6) is 0 Å². The second-order valence-electron chi connectivity index (χ2n) is 4.92. The monoisotopic (exact) mass is 256 g/mol. The number of hydrogen-bond acceptors (Lipinski definition) is 2. The van der Waals surface area contributed by atoms with Gasteiger partial charge >= 0.3 is 0 Å². The first-order valence-corrected chi connectivity index (χ1v) is 5.70. The molecule has 0 aliphatic heterocycles. The minimum Gasteiger partial charge on any atom is -0.369 e. The van der Waals surface area contributed by atoms with Gasteiger partial charge in [-0.15, -0.1) is 0 Å². The third-order valence-electron chi connectivity index (χ3n) is 2.78. The first-order chi connectivity index (χ1) is 8.26. The van der Waals surface area contributed by atoms with Gasteiger partial charge in [0.1, 0.15) is 0 Å². The molecular weight excluding hydrogens is 238 g/mol. The average molecular weight is 256 g/mol. The number of hydrogen-bond donors (Lipinski definition) is 2. The summed E-state index contributed by atoms with van der Waals surface area (Å²) in [6.07, 6.45) is 0. The van der Waals surface area contributed by atoms with E-state index in [1.54, 1.807) is 32.0 Å². The van der Waals surface area contributed by atoms with Crippen LogP contribution in [0, 0.1) is 5.41 Å². The van der Waals surface area contributed by atoms with E-state index < -0.39 is 23.8 Å². The topological polar surface area (TPSA) is 55.1 Å². The molecule has 100 valence electrons. The normalized spacial score (nSPS) is 12.4. The highest BCUT2D eigenvalue weighted by Crippen LogP contribution is 2.26. The minimum atomic E-state index is -2.96. The minimum absolute atomic E-state index is 0.0469. The Balaban J connectivity index is 2.56. The van der Waals surface area contributed by atoms with Crippen LogP contribution in [-0.4, -0.2) is 19.0 Å². The largest absolute Gasteiger partial charge is 0.369 e. The number of carbonyl (C=O) groups excluding carboxylic acids is 1. The molecule has 0 aliphatic rings. The molecule has 0 spiro atoms. The van der Waals surface area contributed by atoms with E-state index in [9.17, 15) is 13.6 Å². The highest BCUT2D eigenvalue weighted by atomic mass is 19.3. The van der Waals surface area contributed by atoms with Gasteiger partial charge in [-0.3, -0.25) is 4.79 Å². The van der Waals surface area contributed by atoms with Crippen LogP contribution in [0.4, 0.5) is 8.78 Å². The average Bonchev–Trinajstić information content (AvgIpc) is 2.29. The van der Waals surface area contributed by atoms with Crippen molar-refractivity contribution in [2.24, 2.45) is 11.1 Å². The number of alkyl halides is 2. The van der Waals surface area contributed by atoms with Crippen LogP contribution < -0.4 is 11.1 Å². The molecule has 1 aromatic rings. The predicted octanol–water partition coefficient (Wildman–Crippen LogP) is 1.88. The van der Waals surface area contributed by atoms with Crippen LogP contribution in [0.2, 0.25) is 0 Å². The number of halogens is 2. The molecule has 3 nitrogen and oxygen atoms in total. The zero-order chi connectivity index (χ0) is 13.8. The van der Waals surface area contributed by atoms with Crippen molar-refractivity contribution in [3.63, 3.8) is 0 Å². The lowest BCUT2D eigenvalue weighted by atomic mass is 9.92. The summed E-state index contributed by atoms with van der Waals surface area (Å²) in [5.74, 6) is -3.48. The van der Waals surface area contributed by atoms with Gasteiger partial charge in [-0.1, -0.05) is 30.3 Å². The van der Waals surface area contributed by atoms with Crippen molar-refractivity contribution in [1.29, 1.82) is 0 Å². The lowest BCUT2D eigenvalue weighted by Crippen LogP contribution is -2.43. The second-order valence-corrected chi connectivity index (χ2v) is 4.92. The molecule has 1 aromatic carbocycles. The van der Waals surface area contributed by atoms with E-state index in [1.807, 2.05) is 0 Å². The fourth-order valence-corrected chi connectivity index (χ4v) is 1.40. The van der Waals surface area contributed by atoms with E-state index in [0.717, 1.165) is 0 Å². The fraction of sp³-hybridized carbons (Fsp3) is 0.462. The van der Waals surface area contributed by atoms with Crippen LogP contribution >= 0.6 is 0 Å². The van der Waals surface area contributed by atoms with Gasteiger partial charge in [0.2, 0.25) is 5.91 Å². The van der Waals surface area contributed by atoms with Crippen molar-refractivity contribution in [2.45, 2.75) is 19.8 Å². The van der Waals surface area contributed by atoms with E-state index in [0.29, 0.717) is 0 Å². The van der Waals surface area contributed by atoms with Gasteiger partial charge in [0.25, 0.3) is 5.92 Å². The molecule has 0 unspecified atom stereocenters. The number of amides is 1. The molecule has 3 N–H and O–H groups in total. The molecule has 0 heterocycles. The van der Waals surface area contributed by atoms with E-state index >= 15 is 0 Å². The molecule has 0 bridgehead atoms. The van der Waals surface area contributed by atoms with Crippen LogP contribution in [0.25, 0.3) is 0 Å². The van der Waals surface area contributed by atoms with Gasteiger partial charge in [0.05, 0.1) is 12.0 Å². The number of nitrogens with two attached hydrogens (primary N) is 1. The van der Waals surface area contributed by atoms with Crippen molar-refractivity contribution >= 4 is 5.91 Å². The molecule has 0 atom stereocenters. The van der Waals surface area contributed by atoms with E-state index in [4.69, 9.17) is 5.73 Å². The zero-order valence-electron chi connectivity index (χ0n) is 10.5. The molecule has 0 radical (unpaired) electrons. The lowest BCUT2D eigenvalue weighted by molar-refractivity contribution is -0.126. The van der Waals surface area contributed by atoms with Gasteiger partial charge in [0.15, 0.2) is 0 Å². The second kappa shape index (κ2) is 5.44. The third kappa shape index (κ3) is 3.77. The van der Waals surface area contributed by atoms with Crippen LogP contribution in [-0.2, 0) is 10.7 Å². The van der Waals surface area contributed by atoms with Crippen LogP contribution in [0.1, 0.15) is 19.4 Å². The predicted molar refractivity (Wildman–Crippen MR) is 66.2 cm³/mol. The van der Waals surface area contributed by atoms with Crippen LogP contribution in [0.3, 0.4) is 0 Å². The maximum atomic E-state index is 13.8. The Morgan fingerprint density at radius 3 is 2.28 bits per heavy atom. The molecule has 0 aliphatic carbocycles. The van der Waals surface area contributed by atoms with Gasteiger partial charge < -0.3 is 11.1 Å². The fourth-order valence-electron chi connectivity index (χ4n) is 1.40. The third-order valence-corrected chi connectivity index (χ3v) is 2.78. The molecule has 0 aromatic heterocycles. The first kappa shape index (κ1) is 14.6. The molecule has 18 heavy (non-hydrogen) atoms. The number of primary amides is 1. The zero-order valence-corrected chi connectivity index (χ0v) is 10.5. The standard InChI is InChI=1S/C13H18F2N2O/c1-12(2,11(16)18)8-17-9-13(14,15)10-6-4-3-5-7-10/h3-7,17H,8-9H2,1-2H3,(H2,16,18). The van der Waals surface area contributed by atoms with Crippen molar-refractivity contribution in [3.8, 4) is 0 Å². The van der Waals surface area contributed by atoms with E-state index in [1.165, 1.54) is 12.1 Å². The van der Waals surface area contributed by atoms with Gasteiger partial charge in [-0.05, 0) is 13.8 Å². The molecule has 1 rings (SSSR count). The van der Waals surface area contributed by atoms with Crippen molar-refractivity contribution in [3.05, 3.63) is 35.9 Å². The Kier molecular flexibility index (Phi) is 4.40. The van der Waals surface area contributed by atoms with Gasteiger partial charge in [-0.2, -0.15) is 8.78 Å². The highest BCUT2D eigenvalue weighted by Gasteiger charge is 2.32. The van der Waals surface area contributed by atoms with E-state index in [-0.39, 0.29) is 12.1 Å². The molecule has 5 heteroatoms. The summed E-state index contributed by atoms with van der Waals surface area (Å²) < 4.78 is 27.5. The Labute approximate surface area is 105 Å². The van der Waals surface area contributed by atoms with Gasteiger partial charge in [-0.25, -0.2) is 0 Å². The molecule has 0 saturated heterocycles. The van der Waals surface area contributed by atoms with Gasteiger partial charge in [0, 0.05) is 12.1 Å². The highest BCUT2D eigenvalue weighted by molar-refractivity contribution is 5.80. The number of carbonyl (C=O) groups is 1. The van der Waals surface area contributed by atoms with Crippen molar-refractivity contribution in [1.82, 2.24) is 5.32 Å².